The van der Waals surface area contributed by atoms with Crippen molar-refractivity contribution in [2.75, 3.05) is 0 Å². The molecule has 5 aromatic rings. The van der Waals surface area contributed by atoms with Crippen LogP contribution in [-0.2, 0) is 5.41 Å². The minimum absolute atomic E-state index is 0.295. The maximum Gasteiger partial charge on any atom is 0.504 e. The van der Waals surface area contributed by atoms with Gasteiger partial charge in [-0.05, 0) is 73.8 Å². The molecule has 1 spiro atoms. The molecule has 0 amide bonds. The maximum absolute atomic E-state index is 9.02. The molecule has 0 unspecified atom stereocenters. The maximum atomic E-state index is 9.02. The average molecular weight is 436 g/mol. The fourth-order valence-corrected chi connectivity index (χ4v) is 6.10. The fraction of sp³-hybridized carbons (Fsp3) is 0.0323. The van der Waals surface area contributed by atoms with E-state index < -0.39 is 0 Å². The van der Waals surface area contributed by atoms with E-state index in [9.17, 15) is 0 Å². The molecule has 2 aliphatic carbocycles. The third kappa shape index (κ3) is 2.45. The van der Waals surface area contributed by atoms with Crippen molar-refractivity contribution < 1.29 is 9.68 Å². The van der Waals surface area contributed by atoms with E-state index in [0.717, 1.165) is 5.56 Å². The van der Waals surface area contributed by atoms with Crippen molar-refractivity contribution in [1.29, 1.82) is 0 Å². The molecule has 160 valence electrons. The molecular weight excluding hydrogens is 415 g/mol. The Morgan fingerprint density at radius 3 is 1.53 bits per heavy atom. The van der Waals surface area contributed by atoms with Crippen LogP contribution in [0.25, 0.3) is 33.4 Å². The lowest BCUT2D eigenvalue weighted by Crippen LogP contribution is -2.25. The van der Waals surface area contributed by atoms with Crippen LogP contribution in [0.2, 0.25) is 0 Å². The summed E-state index contributed by atoms with van der Waals surface area (Å²) in [5, 5.41) is 9.02. The predicted molar refractivity (Wildman–Crippen MR) is 138 cm³/mol. The van der Waals surface area contributed by atoms with Crippen LogP contribution in [0.3, 0.4) is 0 Å². The molecular formula is C31H21BO2. The van der Waals surface area contributed by atoms with Crippen LogP contribution in [-0.4, -0.2) is 12.7 Å². The van der Waals surface area contributed by atoms with Crippen molar-refractivity contribution in [2.45, 2.75) is 5.41 Å². The van der Waals surface area contributed by atoms with Crippen LogP contribution in [0, 0.1) is 0 Å². The standard InChI is InChI=1S/C31H21BO2/c33-32-34-22-16-13-20(14-17-22)21-15-18-30-26(19-21)25-9-3-6-12-29(25)31(30)27-10-4-1-7-23(27)24-8-2-5-11-28(24)31/h1-19,32-33H. The highest BCUT2D eigenvalue weighted by Crippen LogP contribution is 2.62. The molecule has 0 radical (unpaired) electrons. The Balaban J connectivity index is 1.50. The lowest BCUT2D eigenvalue weighted by atomic mass is 9.70. The van der Waals surface area contributed by atoms with Crippen LogP contribution < -0.4 is 4.65 Å². The molecule has 7 rings (SSSR count). The molecule has 1 N–H and O–H groups in total. The minimum Gasteiger partial charge on any atom is -0.539 e. The zero-order chi connectivity index (χ0) is 22.7. The summed E-state index contributed by atoms with van der Waals surface area (Å²) in [7, 11) is -0.319. The van der Waals surface area contributed by atoms with Gasteiger partial charge in [0.1, 0.15) is 5.75 Å². The second-order valence-electron chi connectivity index (χ2n) is 8.94. The van der Waals surface area contributed by atoms with E-state index in [0.29, 0.717) is 5.75 Å². The number of rotatable bonds is 3. The molecule has 3 heteroatoms. The van der Waals surface area contributed by atoms with Gasteiger partial charge < -0.3 is 9.68 Å². The van der Waals surface area contributed by atoms with Crippen molar-refractivity contribution >= 4 is 7.69 Å². The van der Waals surface area contributed by atoms with Crippen LogP contribution in [0.1, 0.15) is 22.3 Å². The normalized spacial score (nSPS) is 13.7. The van der Waals surface area contributed by atoms with E-state index in [2.05, 4.69) is 91.0 Å². The van der Waals surface area contributed by atoms with Gasteiger partial charge in [-0.1, -0.05) is 97.1 Å². The van der Waals surface area contributed by atoms with Crippen molar-refractivity contribution in [2.24, 2.45) is 0 Å². The van der Waals surface area contributed by atoms with E-state index in [4.69, 9.17) is 9.68 Å². The SMILES string of the molecule is OBOc1ccc(-c2ccc3c(c2)-c2ccccc2C32c3ccccc3-c3ccccc32)cc1. The van der Waals surface area contributed by atoms with Crippen molar-refractivity contribution in [3.8, 4) is 39.1 Å². The van der Waals surface area contributed by atoms with Crippen molar-refractivity contribution in [1.82, 2.24) is 0 Å². The summed E-state index contributed by atoms with van der Waals surface area (Å²) in [6.07, 6.45) is 0. The highest BCUT2D eigenvalue weighted by Gasteiger charge is 2.51. The van der Waals surface area contributed by atoms with Crippen molar-refractivity contribution in [3.05, 3.63) is 138 Å². The molecule has 0 saturated carbocycles. The second-order valence-corrected chi connectivity index (χ2v) is 8.94. The molecule has 5 aromatic carbocycles. The molecule has 0 aromatic heterocycles. The molecule has 0 atom stereocenters. The molecule has 0 saturated heterocycles. The van der Waals surface area contributed by atoms with E-state index in [1.807, 2.05) is 24.3 Å². The van der Waals surface area contributed by atoms with E-state index >= 15 is 0 Å². The summed E-state index contributed by atoms with van der Waals surface area (Å²) in [6, 6.07) is 41.4. The Bertz CT molecular complexity index is 1520. The highest BCUT2D eigenvalue weighted by atomic mass is 16.5. The first-order valence-corrected chi connectivity index (χ1v) is 11.6. The third-order valence-electron chi connectivity index (χ3n) is 7.42. The van der Waals surface area contributed by atoms with Gasteiger partial charge in [-0.3, -0.25) is 0 Å². The van der Waals surface area contributed by atoms with Gasteiger partial charge in [0.25, 0.3) is 0 Å². The van der Waals surface area contributed by atoms with Gasteiger partial charge in [0, 0.05) is 0 Å². The average Bonchev–Trinajstić information content (AvgIpc) is 3.36. The lowest BCUT2D eigenvalue weighted by molar-refractivity contribution is 0.454. The molecule has 34 heavy (non-hydrogen) atoms. The summed E-state index contributed by atoms with van der Waals surface area (Å²) in [6.45, 7) is 0. The smallest absolute Gasteiger partial charge is 0.504 e. The monoisotopic (exact) mass is 436 g/mol. The van der Waals surface area contributed by atoms with Crippen LogP contribution in [0.15, 0.2) is 115 Å². The summed E-state index contributed by atoms with van der Waals surface area (Å²) in [4.78, 5) is 0. The van der Waals surface area contributed by atoms with E-state index in [-0.39, 0.29) is 13.1 Å². The first-order valence-electron chi connectivity index (χ1n) is 11.6. The lowest BCUT2D eigenvalue weighted by Gasteiger charge is -2.30. The second kappa shape index (κ2) is 7.21. The summed E-state index contributed by atoms with van der Waals surface area (Å²) < 4.78 is 5.20. The first kappa shape index (κ1) is 19.4. The van der Waals surface area contributed by atoms with Gasteiger partial charge >= 0.3 is 7.69 Å². The Hall–Kier alpha value is -4.08. The van der Waals surface area contributed by atoms with Crippen LogP contribution >= 0.6 is 0 Å². The Morgan fingerprint density at radius 2 is 0.971 bits per heavy atom. The number of hydrogen-bond donors (Lipinski definition) is 1. The molecule has 0 heterocycles. The molecule has 0 fully saturated rings. The zero-order valence-corrected chi connectivity index (χ0v) is 18.5. The highest BCUT2D eigenvalue weighted by molar-refractivity contribution is 6.17. The van der Waals surface area contributed by atoms with E-state index in [1.54, 1.807) is 0 Å². The summed E-state index contributed by atoms with van der Waals surface area (Å²) >= 11 is 0. The largest absolute Gasteiger partial charge is 0.539 e. The van der Waals surface area contributed by atoms with Gasteiger partial charge in [0.15, 0.2) is 0 Å². The van der Waals surface area contributed by atoms with Gasteiger partial charge in [-0.15, -0.1) is 0 Å². The first-order chi connectivity index (χ1) is 16.8. The zero-order valence-electron chi connectivity index (χ0n) is 18.5. The quantitative estimate of drug-likeness (QED) is 0.328. The Kier molecular flexibility index (Phi) is 4.11. The fourth-order valence-electron chi connectivity index (χ4n) is 6.10. The summed E-state index contributed by atoms with van der Waals surface area (Å²) in [5.41, 5.74) is 12.6. The minimum atomic E-state index is -0.319. The molecule has 2 aliphatic rings. The molecule has 0 bridgehead atoms. The Morgan fingerprint density at radius 1 is 0.500 bits per heavy atom. The number of benzene rings is 5. The molecule has 2 nitrogen and oxygen atoms in total. The number of hydrogen-bond acceptors (Lipinski definition) is 2. The van der Waals surface area contributed by atoms with Crippen molar-refractivity contribution in [3.63, 3.8) is 0 Å². The predicted octanol–water partition coefficient (Wildman–Crippen LogP) is 6.33. The van der Waals surface area contributed by atoms with Gasteiger partial charge in [-0.25, -0.2) is 0 Å². The van der Waals surface area contributed by atoms with E-state index in [1.165, 1.54) is 50.1 Å². The van der Waals surface area contributed by atoms with Gasteiger partial charge in [0.05, 0.1) is 5.41 Å². The molecule has 0 aliphatic heterocycles. The number of fused-ring (bicyclic) bond motifs is 10. The summed E-state index contributed by atoms with van der Waals surface area (Å²) in [5.74, 6) is 0.663. The van der Waals surface area contributed by atoms with Crippen LogP contribution in [0.4, 0.5) is 0 Å². The Labute approximate surface area is 199 Å². The van der Waals surface area contributed by atoms with Crippen LogP contribution in [0.5, 0.6) is 5.75 Å². The van der Waals surface area contributed by atoms with Gasteiger partial charge in [-0.2, -0.15) is 0 Å². The third-order valence-corrected chi connectivity index (χ3v) is 7.42. The topological polar surface area (TPSA) is 29.5 Å². The van der Waals surface area contributed by atoms with Gasteiger partial charge in [0.2, 0.25) is 0 Å².